The molecule has 1 aliphatic carbocycles. The molecule has 2 aromatic carbocycles. The van der Waals surface area contributed by atoms with E-state index in [9.17, 15) is 0 Å². The Bertz CT molecular complexity index is 564. The molecule has 92 valence electrons. The molecule has 0 bridgehead atoms. The van der Waals surface area contributed by atoms with E-state index in [-0.39, 0.29) is 0 Å². The summed E-state index contributed by atoms with van der Waals surface area (Å²) >= 11 is 0. The molecule has 1 aliphatic rings. The standard InChI is InChI=1S/C18H20/c1-13(2)10-11-14-7-5-9-17-16-8-4-3-6-15(16)12-18(14)17/h3-9,13H,10-12H2,1-2H3. The Labute approximate surface area is 110 Å². The molecule has 0 unspecified atom stereocenters. The highest BCUT2D eigenvalue weighted by Crippen LogP contribution is 2.38. The van der Waals surface area contributed by atoms with Gasteiger partial charge in [0.05, 0.1) is 0 Å². The second-order valence-corrected chi connectivity index (χ2v) is 5.71. The molecular formula is C18H20. The number of hydrogen-bond acceptors (Lipinski definition) is 0. The van der Waals surface area contributed by atoms with E-state index in [0.717, 1.165) is 12.3 Å². The molecule has 0 spiro atoms. The van der Waals surface area contributed by atoms with Crippen LogP contribution in [0.2, 0.25) is 0 Å². The first-order valence-corrected chi connectivity index (χ1v) is 6.94. The van der Waals surface area contributed by atoms with Crippen LogP contribution in [0.1, 0.15) is 37.0 Å². The summed E-state index contributed by atoms with van der Waals surface area (Å²) < 4.78 is 0. The van der Waals surface area contributed by atoms with E-state index in [1.165, 1.54) is 29.5 Å². The molecule has 0 radical (unpaired) electrons. The largest absolute Gasteiger partial charge is 0.0628 e. The van der Waals surface area contributed by atoms with Crippen LogP contribution in [0.25, 0.3) is 11.1 Å². The van der Waals surface area contributed by atoms with Gasteiger partial charge in [-0.3, -0.25) is 0 Å². The lowest BCUT2D eigenvalue weighted by Crippen LogP contribution is -1.96. The van der Waals surface area contributed by atoms with Crippen molar-refractivity contribution in [2.24, 2.45) is 5.92 Å². The SMILES string of the molecule is CC(C)CCc1cccc2c1Cc1ccccc1-2. The third-order valence-electron chi connectivity index (χ3n) is 3.94. The van der Waals surface area contributed by atoms with Crippen molar-refractivity contribution >= 4 is 0 Å². The third-order valence-corrected chi connectivity index (χ3v) is 3.94. The number of benzene rings is 2. The molecule has 0 atom stereocenters. The molecule has 0 heteroatoms. The van der Waals surface area contributed by atoms with Gasteiger partial charge in [0.2, 0.25) is 0 Å². The van der Waals surface area contributed by atoms with Gasteiger partial charge in [-0.15, -0.1) is 0 Å². The smallest absolute Gasteiger partial charge is 0.00107 e. The van der Waals surface area contributed by atoms with Gasteiger partial charge in [-0.2, -0.15) is 0 Å². The lowest BCUT2D eigenvalue weighted by molar-refractivity contribution is 0.585. The summed E-state index contributed by atoms with van der Waals surface area (Å²) in [4.78, 5) is 0. The Hall–Kier alpha value is -1.56. The zero-order valence-electron chi connectivity index (χ0n) is 11.2. The van der Waals surface area contributed by atoms with Crippen LogP contribution in [0, 0.1) is 5.92 Å². The van der Waals surface area contributed by atoms with Gasteiger partial charge >= 0.3 is 0 Å². The molecule has 0 fully saturated rings. The van der Waals surface area contributed by atoms with Gasteiger partial charge < -0.3 is 0 Å². The van der Waals surface area contributed by atoms with E-state index in [1.807, 2.05) is 0 Å². The zero-order chi connectivity index (χ0) is 12.5. The van der Waals surface area contributed by atoms with Crippen molar-refractivity contribution in [1.29, 1.82) is 0 Å². The van der Waals surface area contributed by atoms with Gasteiger partial charge in [0.15, 0.2) is 0 Å². The first-order chi connectivity index (χ1) is 8.75. The van der Waals surface area contributed by atoms with E-state index in [2.05, 4.69) is 56.3 Å². The Morgan fingerprint density at radius 2 is 1.72 bits per heavy atom. The summed E-state index contributed by atoms with van der Waals surface area (Å²) in [6, 6.07) is 15.6. The van der Waals surface area contributed by atoms with E-state index in [4.69, 9.17) is 0 Å². The molecule has 0 heterocycles. The van der Waals surface area contributed by atoms with Crippen LogP contribution in [0.5, 0.6) is 0 Å². The monoisotopic (exact) mass is 236 g/mol. The van der Waals surface area contributed by atoms with Gasteiger partial charge in [0.25, 0.3) is 0 Å². The average molecular weight is 236 g/mol. The van der Waals surface area contributed by atoms with Crippen LogP contribution in [0.3, 0.4) is 0 Å². The minimum Gasteiger partial charge on any atom is -0.0628 e. The van der Waals surface area contributed by atoms with Gasteiger partial charge in [0, 0.05) is 0 Å². The normalized spacial score (nSPS) is 12.6. The van der Waals surface area contributed by atoms with Crippen molar-refractivity contribution in [3.63, 3.8) is 0 Å². The lowest BCUT2D eigenvalue weighted by atomic mass is 9.95. The molecule has 2 aromatic rings. The van der Waals surface area contributed by atoms with Crippen LogP contribution in [-0.2, 0) is 12.8 Å². The summed E-state index contributed by atoms with van der Waals surface area (Å²) in [6.45, 7) is 4.61. The van der Waals surface area contributed by atoms with Crippen molar-refractivity contribution in [1.82, 2.24) is 0 Å². The maximum atomic E-state index is 2.31. The molecule has 0 aromatic heterocycles. The highest BCUT2D eigenvalue weighted by atomic mass is 14.2. The Morgan fingerprint density at radius 1 is 0.944 bits per heavy atom. The Morgan fingerprint density at radius 3 is 2.56 bits per heavy atom. The fourth-order valence-corrected chi connectivity index (χ4v) is 2.90. The molecule has 0 amide bonds. The van der Waals surface area contributed by atoms with E-state index in [1.54, 1.807) is 11.1 Å². The number of rotatable bonds is 3. The summed E-state index contributed by atoms with van der Waals surface area (Å²) in [5.74, 6) is 0.782. The number of fused-ring (bicyclic) bond motifs is 3. The second kappa shape index (κ2) is 4.61. The Balaban J connectivity index is 1.98. The fraction of sp³-hybridized carbons (Fsp3) is 0.333. The molecule has 0 saturated carbocycles. The highest BCUT2D eigenvalue weighted by Gasteiger charge is 2.19. The number of hydrogen-bond donors (Lipinski definition) is 0. The predicted octanol–water partition coefficient (Wildman–Crippen LogP) is 4.85. The molecule has 0 nitrogen and oxygen atoms in total. The third kappa shape index (κ3) is 1.96. The van der Waals surface area contributed by atoms with Crippen LogP contribution in [-0.4, -0.2) is 0 Å². The molecular weight excluding hydrogens is 216 g/mol. The van der Waals surface area contributed by atoms with Gasteiger partial charge in [-0.25, -0.2) is 0 Å². The highest BCUT2D eigenvalue weighted by molar-refractivity contribution is 5.77. The molecule has 0 N–H and O–H groups in total. The van der Waals surface area contributed by atoms with E-state index in [0.29, 0.717) is 0 Å². The lowest BCUT2D eigenvalue weighted by Gasteiger charge is -2.10. The van der Waals surface area contributed by atoms with Crippen LogP contribution in [0.15, 0.2) is 42.5 Å². The number of aryl methyl sites for hydroxylation is 1. The van der Waals surface area contributed by atoms with Crippen molar-refractivity contribution in [3.05, 3.63) is 59.2 Å². The molecule has 0 aliphatic heterocycles. The summed E-state index contributed by atoms with van der Waals surface area (Å²) in [5, 5.41) is 0. The fourth-order valence-electron chi connectivity index (χ4n) is 2.90. The van der Waals surface area contributed by atoms with Crippen molar-refractivity contribution in [2.45, 2.75) is 33.1 Å². The predicted molar refractivity (Wildman–Crippen MR) is 77.8 cm³/mol. The van der Waals surface area contributed by atoms with Crippen LogP contribution in [0.4, 0.5) is 0 Å². The first kappa shape index (κ1) is 11.5. The minimum atomic E-state index is 0.782. The van der Waals surface area contributed by atoms with Crippen molar-refractivity contribution < 1.29 is 0 Å². The van der Waals surface area contributed by atoms with E-state index >= 15 is 0 Å². The quantitative estimate of drug-likeness (QED) is 0.610. The summed E-state index contributed by atoms with van der Waals surface area (Å²) in [6.07, 6.45) is 3.63. The topological polar surface area (TPSA) is 0 Å². The van der Waals surface area contributed by atoms with Crippen molar-refractivity contribution in [2.75, 3.05) is 0 Å². The van der Waals surface area contributed by atoms with Crippen LogP contribution >= 0.6 is 0 Å². The van der Waals surface area contributed by atoms with Crippen LogP contribution < -0.4 is 0 Å². The molecule has 0 saturated heterocycles. The Kier molecular flexibility index (Phi) is 2.95. The second-order valence-electron chi connectivity index (χ2n) is 5.71. The first-order valence-electron chi connectivity index (χ1n) is 6.94. The molecule has 18 heavy (non-hydrogen) atoms. The minimum absolute atomic E-state index is 0.782. The maximum Gasteiger partial charge on any atom is -0.00107 e. The van der Waals surface area contributed by atoms with Gasteiger partial charge in [0.1, 0.15) is 0 Å². The molecule has 3 rings (SSSR count). The maximum absolute atomic E-state index is 2.31. The average Bonchev–Trinajstić information content (AvgIpc) is 2.75. The summed E-state index contributed by atoms with van der Waals surface area (Å²) in [7, 11) is 0. The zero-order valence-corrected chi connectivity index (χ0v) is 11.2. The van der Waals surface area contributed by atoms with Gasteiger partial charge in [-0.05, 0) is 53.0 Å². The van der Waals surface area contributed by atoms with E-state index < -0.39 is 0 Å². The van der Waals surface area contributed by atoms with Crippen molar-refractivity contribution in [3.8, 4) is 11.1 Å². The summed E-state index contributed by atoms with van der Waals surface area (Å²) in [5.41, 5.74) is 7.52. The van der Waals surface area contributed by atoms with Gasteiger partial charge in [-0.1, -0.05) is 56.3 Å².